The van der Waals surface area contributed by atoms with Crippen LogP contribution in [0.2, 0.25) is 5.02 Å². The summed E-state index contributed by atoms with van der Waals surface area (Å²) in [5.41, 5.74) is 0.143. The van der Waals surface area contributed by atoms with Crippen molar-refractivity contribution in [2.24, 2.45) is 0 Å². The molecule has 0 amide bonds. The zero-order chi connectivity index (χ0) is 15.8. The molecule has 6 heteroatoms. The van der Waals surface area contributed by atoms with E-state index in [1.807, 2.05) is 0 Å². The Labute approximate surface area is 134 Å². The van der Waals surface area contributed by atoms with E-state index >= 15 is 0 Å². The third-order valence-electron chi connectivity index (χ3n) is 4.06. The highest BCUT2D eigenvalue weighted by atomic mass is 35.5. The first kappa shape index (κ1) is 15.5. The third kappa shape index (κ3) is 2.89. The van der Waals surface area contributed by atoms with Gasteiger partial charge in [0.25, 0.3) is 0 Å². The molecule has 0 bridgehead atoms. The Bertz CT molecular complexity index is 769. The number of sulfonamides is 1. The van der Waals surface area contributed by atoms with E-state index in [-0.39, 0.29) is 10.7 Å². The van der Waals surface area contributed by atoms with Crippen molar-refractivity contribution in [1.29, 1.82) is 0 Å². The Kier molecular flexibility index (Phi) is 3.97. The lowest BCUT2D eigenvalue weighted by Gasteiger charge is -2.42. The van der Waals surface area contributed by atoms with Crippen LogP contribution in [0.25, 0.3) is 0 Å². The first-order chi connectivity index (χ1) is 10.4. The van der Waals surface area contributed by atoms with E-state index in [1.165, 1.54) is 24.3 Å². The molecule has 3 rings (SSSR count). The van der Waals surface area contributed by atoms with Gasteiger partial charge in [-0.15, -0.1) is 0 Å². The van der Waals surface area contributed by atoms with Gasteiger partial charge in [-0.25, -0.2) is 17.5 Å². The molecule has 1 N–H and O–H groups in total. The molecule has 1 fully saturated rings. The monoisotopic (exact) mass is 339 g/mol. The minimum Gasteiger partial charge on any atom is -0.207 e. The van der Waals surface area contributed by atoms with Crippen molar-refractivity contribution in [1.82, 2.24) is 4.72 Å². The predicted octanol–water partition coefficient (Wildman–Crippen LogP) is 3.84. The fourth-order valence-corrected chi connectivity index (χ4v) is 4.25. The van der Waals surface area contributed by atoms with Gasteiger partial charge in [0.15, 0.2) is 0 Å². The molecule has 3 nitrogen and oxygen atoms in total. The first-order valence-corrected chi connectivity index (χ1v) is 8.83. The summed E-state index contributed by atoms with van der Waals surface area (Å²) in [6, 6.07) is 12.0. The number of hydrogen-bond donors (Lipinski definition) is 1. The van der Waals surface area contributed by atoms with Crippen molar-refractivity contribution in [3.8, 4) is 0 Å². The second kappa shape index (κ2) is 5.65. The van der Waals surface area contributed by atoms with E-state index in [2.05, 4.69) is 4.72 Å². The highest BCUT2D eigenvalue weighted by Gasteiger charge is 2.42. The largest absolute Gasteiger partial charge is 0.241 e. The topological polar surface area (TPSA) is 46.2 Å². The smallest absolute Gasteiger partial charge is 0.207 e. The summed E-state index contributed by atoms with van der Waals surface area (Å²) in [5, 5.41) is 0.482. The molecular weight excluding hydrogens is 325 g/mol. The minimum atomic E-state index is -3.66. The van der Waals surface area contributed by atoms with Crippen LogP contribution in [-0.2, 0) is 15.6 Å². The highest BCUT2D eigenvalue weighted by molar-refractivity contribution is 7.89. The summed E-state index contributed by atoms with van der Waals surface area (Å²) in [6.07, 6.45) is 2.33. The average Bonchev–Trinajstić information content (AvgIpc) is 2.44. The fourth-order valence-electron chi connectivity index (χ4n) is 2.68. The third-order valence-corrected chi connectivity index (χ3v) is 5.86. The molecule has 116 valence electrons. The summed E-state index contributed by atoms with van der Waals surface area (Å²) >= 11 is 5.79. The van der Waals surface area contributed by atoms with Crippen LogP contribution >= 0.6 is 11.6 Å². The molecule has 22 heavy (non-hydrogen) atoms. The van der Waals surface area contributed by atoms with Gasteiger partial charge >= 0.3 is 0 Å². The molecule has 0 radical (unpaired) electrons. The molecule has 0 unspecified atom stereocenters. The Hall–Kier alpha value is -1.43. The Morgan fingerprint density at radius 1 is 1.00 bits per heavy atom. The standard InChI is InChI=1S/C16H15ClFNO2S/c17-13-4-8-15(9-5-13)22(20,21)19-16(10-1-11-16)12-2-6-14(18)7-3-12/h2-9,19H,1,10-11H2. The van der Waals surface area contributed by atoms with Gasteiger partial charge in [0.1, 0.15) is 5.82 Å². The van der Waals surface area contributed by atoms with Gasteiger partial charge in [-0.05, 0) is 61.2 Å². The molecule has 0 aromatic heterocycles. The van der Waals surface area contributed by atoms with Crippen molar-refractivity contribution in [3.63, 3.8) is 0 Å². The molecule has 0 saturated heterocycles. The molecule has 0 aliphatic heterocycles. The second-order valence-electron chi connectivity index (χ2n) is 5.50. The maximum atomic E-state index is 13.1. The lowest BCUT2D eigenvalue weighted by molar-refractivity contribution is 0.224. The summed E-state index contributed by atoms with van der Waals surface area (Å²) in [6.45, 7) is 0. The zero-order valence-corrected chi connectivity index (χ0v) is 13.3. The highest BCUT2D eigenvalue weighted by Crippen LogP contribution is 2.42. The van der Waals surface area contributed by atoms with Gasteiger partial charge in [0, 0.05) is 5.02 Å². The fraction of sp³-hybridized carbons (Fsp3) is 0.250. The predicted molar refractivity (Wildman–Crippen MR) is 83.7 cm³/mol. The maximum Gasteiger partial charge on any atom is 0.241 e. The van der Waals surface area contributed by atoms with Crippen LogP contribution in [0.1, 0.15) is 24.8 Å². The molecular formula is C16H15ClFNO2S. The maximum absolute atomic E-state index is 13.1. The van der Waals surface area contributed by atoms with E-state index in [4.69, 9.17) is 11.6 Å². The van der Waals surface area contributed by atoms with Crippen LogP contribution in [0, 0.1) is 5.82 Å². The minimum absolute atomic E-state index is 0.172. The lowest BCUT2D eigenvalue weighted by atomic mass is 9.73. The van der Waals surface area contributed by atoms with Crippen LogP contribution in [0.5, 0.6) is 0 Å². The van der Waals surface area contributed by atoms with E-state index in [0.717, 1.165) is 12.0 Å². The molecule has 1 aliphatic rings. The summed E-state index contributed by atoms with van der Waals surface area (Å²) in [5.74, 6) is -0.334. The summed E-state index contributed by atoms with van der Waals surface area (Å²) in [4.78, 5) is 0.172. The van der Waals surface area contributed by atoms with Crippen LogP contribution in [0.3, 0.4) is 0 Å². The quantitative estimate of drug-likeness (QED) is 0.920. The molecule has 0 atom stereocenters. The zero-order valence-electron chi connectivity index (χ0n) is 11.7. The Morgan fingerprint density at radius 3 is 2.09 bits per heavy atom. The average molecular weight is 340 g/mol. The van der Waals surface area contributed by atoms with E-state index in [9.17, 15) is 12.8 Å². The molecule has 0 spiro atoms. The number of halogens is 2. The van der Waals surface area contributed by atoms with Gasteiger partial charge in [0.05, 0.1) is 10.4 Å². The number of benzene rings is 2. The number of rotatable bonds is 4. The van der Waals surface area contributed by atoms with E-state index in [1.54, 1.807) is 24.3 Å². The van der Waals surface area contributed by atoms with Crippen LogP contribution in [-0.4, -0.2) is 8.42 Å². The van der Waals surface area contributed by atoms with Gasteiger partial charge in [0.2, 0.25) is 10.0 Å². The van der Waals surface area contributed by atoms with E-state index < -0.39 is 15.6 Å². The van der Waals surface area contributed by atoms with E-state index in [0.29, 0.717) is 17.9 Å². The normalized spacial score (nSPS) is 17.0. The summed E-state index contributed by atoms with van der Waals surface area (Å²) in [7, 11) is -3.66. The SMILES string of the molecule is O=S(=O)(NC1(c2ccc(F)cc2)CCC1)c1ccc(Cl)cc1. The summed E-state index contributed by atoms with van der Waals surface area (Å²) < 4.78 is 41.0. The van der Waals surface area contributed by atoms with Crippen molar-refractivity contribution in [2.75, 3.05) is 0 Å². The number of nitrogens with one attached hydrogen (secondary N) is 1. The van der Waals surface area contributed by atoms with Crippen LogP contribution in [0.4, 0.5) is 4.39 Å². The molecule has 1 aliphatic carbocycles. The van der Waals surface area contributed by atoms with Crippen LogP contribution in [0.15, 0.2) is 53.4 Å². The second-order valence-corrected chi connectivity index (χ2v) is 7.62. The molecule has 1 saturated carbocycles. The first-order valence-electron chi connectivity index (χ1n) is 6.97. The Balaban J connectivity index is 1.92. The number of hydrogen-bond acceptors (Lipinski definition) is 2. The molecule has 2 aromatic carbocycles. The van der Waals surface area contributed by atoms with Crippen molar-refractivity contribution >= 4 is 21.6 Å². The van der Waals surface area contributed by atoms with Gasteiger partial charge in [-0.3, -0.25) is 0 Å². The van der Waals surface area contributed by atoms with Crippen molar-refractivity contribution in [2.45, 2.75) is 29.7 Å². The molecule has 0 heterocycles. The Morgan fingerprint density at radius 2 is 1.59 bits per heavy atom. The molecule has 2 aromatic rings. The van der Waals surface area contributed by atoms with Gasteiger partial charge in [-0.1, -0.05) is 23.7 Å². The van der Waals surface area contributed by atoms with Crippen molar-refractivity contribution < 1.29 is 12.8 Å². The lowest BCUT2D eigenvalue weighted by Crippen LogP contribution is -2.50. The van der Waals surface area contributed by atoms with Gasteiger partial charge in [-0.2, -0.15) is 0 Å². The van der Waals surface area contributed by atoms with Gasteiger partial charge < -0.3 is 0 Å². The van der Waals surface area contributed by atoms with Crippen LogP contribution < -0.4 is 4.72 Å². The van der Waals surface area contributed by atoms with Crippen molar-refractivity contribution in [3.05, 3.63) is 64.9 Å².